The van der Waals surface area contributed by atoms with Crippen LogP contribution in [-0.2, 0) is 6.42 Å². The van der Waals surface area contributed by atoms with E-state index in [2.05, 4.69) is 0 Å². The summed E-state index contributed by atoms with van der Waals surface area (Å²) >= 11 is 0. The molecule has 0 bridgehead atoms. The van der Waals surface area contributed by atoms with E-state index in [0.29, 0.717) is 30.4 Å². The molecule has 0 aromatic heterocycles. The van der Waals surface area contributed by atoms with E-state index in [4.69, 9.17) is 0 Å². The molecule has 0 heterocycles. The van der Waals surface area contributed by atoms with E-state index in [1.54, 1.807) is 25.1 Å². The third-order valence-corrected chi connectivity index (χ3v) is 3.67. The Hall–Kier alpha value is -1.97. The maximum absolute atomic E-state index is 12.6. The van der Waals surface area contributed by atoms with Crippen LogP contribution < -0.4 is 0 Å². The van der Waals surface area contributed by atoms with Gasteiger partial charge in [-0.15, -0.1) is 0 Å². The first kappa shape index (κ1) is 16.4. The number of aliphatic hydroxyl groups excluding tert-OH is 2. The Morgan fingerprint density at radius 2 is 1.59 bits per heavy atom. The smallest absolute Gasteiger partial charge is 0.193 e. The van der Waals surface area contributed by atoms with Crippen molar-refractivity contribution in [2.24, 2.45) is 0 Å². The Balaban J connectivity index is 2.15. The zero-order valence-corrected chi connectivity index (χ0v) is 12.8. The van der Waals surface area contributed by atoms with Gasteiger partial charge in [0, 0.05) is 11.1 Å². The van der Waals surface area contributed by atoms with Crippen LogP contribution in [0.3, 0.4) is 0 Å². The molecule has 0 radical (unpaired) electrons. The van der Waals surface area contributed by atoms with Crippen LogP contribution in [0.25, 0.3) is 0 Å². The molecule has 116 valence electrons. The summed E-state index contributed by atoms with van der Waals surface area (Å²) in [6.45, 7) is 1.71. The average molecular weight is 298 g/mol. The monoisotopic (exact) mass is 298 g/mol. The molecule has 0 saturated carbocycles. The van der Waals surface area contributed by atoms with E-state index >= 15 is 0 Å². The molecule has 2 aromatic carbocycles. The molecule has 0 amide bonds. The standard InChI is InChI=1S/C19H22O3/c1-14(20)11-12-17(21)13-16-9-5-6-10-18(16)19(22)15-7-3-2-4-8-15/h2-10,14,17,20-21H,11-13H2,1H3. The molecule has 2 unspecified atom stereocenters. The lowest BCUT2D eigenvalue weighted by Gasteiger charge is -2.14. The number of carbonyl (C=O) groups excluding carboxylic acids is 1. The van der Waals surface area contributed by atoms with Crippen molar-refractivity contribution in [3.63, 3.8) is 0 Å². The molecular formula is C19H22O3. The minimum absolute atomic E-state index is 0.0288. The molecule has 3 heteroatoms. The van der Waals surface area contributed by atoms with Gasteiger partial charge < -0.3 is 10.2 Å². The van der Waals surface area contributed by atoms with E-state index in [0.717, 1.165) is 5.56 Å². The maximum atomic E-state index is 12.6. The molecule has 0 aliphatic rings. The van der Waals surface area contributed by atoms with Crippen molar-refractivity contribution in [3.05, 3.63) is 71.3 Å². The Morgan fingerprint density at radius 1 is 0.955 bits per heavy atom. The maximum Gasteiger partial charge on any atom is 0.193 e. The first-order chi connectivity index (χ1) is 10.6. The van der Waals surface area contributed by atoms with Gasteiger partial charge in [0.2, 0.25) is 0 Å². The number of ketones is 1. The number of rotatable bonds is 7. The van der Waals surface area contributed by atoms with E-state index < -0.39 is 12.2 Å². The fourth-order valence-corrected chi connectivity index (χ4v) is 2.45. The van der Waals surface area contributed by atoms with Gasteiger partial charge in [0.1, 0.15) is 0 Å². The van der Waals surface area contributed by atoms with Crippen LogP contribution >= 0.6 is 0 Å². The molecule has 0 saturated heterocycles. The largest absolute Gasteiger partial charge is 0.393 e. The topological polar surface area (TPSA) is 57.5 Å². The second-order valence-electron chi connectivity index (χ2n) is 5.64. The predicted molar refractivity (Wildman–Crippen MR) is 86.9 cm³/mol. The molecule has 22 heavy (non-hydrogen) atoms. The fraction of sp³-hybridized carbons (Fsp3) is 0.316. The summed E-state index contributed by atoms with van der Waals surface area (Å²) in [7, 11) is 0. The van der Waals surface area contributed by atoms with E-state index in [1.165, 1.54) is 0 Å². The third-order valence-electron chi connectivity index (χ3n) is 3.67. The van der Waals surface area contributed by atoms with Gasteiger partial charge in [-0.25, -0.2) is 0 Å². The average Bonchev–Trinajstić information content (AvgIpc) is 2.53. The van der Waals surface area contributed by atoms with Crippen molar-refractivity contribution in [1.29, 1.82) is 0 Å². The molecule has 0 aliphatic carbocycles. The zero-order valence-electron chi connectivity index (χ0n) is 12.8. The van der Waals surface area contributed by atoms with Gasteiger partial charge in [0.05, 0.1) is 12.2 Å². The van der Waals surface area contributed by atoms with Crippen molar-refractivity contribution in [2.45, 2.75) is 38.4 Å². The number of hydrogen-bond acceptors (Lipinski definition) is 3. The number of benzene rings is 2. The second kappa shape index (κ2) is 7.87. The number of carbonyl (C=O) groups is 1. The molecule has 2 atom stereocenters. The van der Waals surface area contributed by atoms with E-state index in [-0.39, 0.29) is 5.78 Å². The van der Waals surface area contributed by atoms with E-state index in [1.807, 2.05) is 36.4 Å². The summed E-state index contributed by atoms with van der Waals surface area (Å²) in [5, 5.41) is 19.4. The van der Waals surface area contributed by atoms with Gasteiger partial charge in [-0.05, 0) is 31.7 Å². The van der Waals surface area contributed by atoms with Crippen LogP contribution in [0.5, 0.6) is 0 Å². The second-order valence-corrected chi connectivity index (χ2v) is 5.64. The van der Waals surface area contributed by atoms with Gasteiger partial charge in [-0.2, -0.15) is 0 Å². The van der Waals surface area contributed by atoms with Crippen LogP contribution in [-0.4, -0.2) is 28.2 Å². The first-order valence-electron chi connectivity index (χ1n) is 7.61. The summed E-state index contributed by atoms with van der Waals surface area (Å²) < 4.78 is 0. The zero-order chi connectivity index (χ0) is 15.9. The van der Waals surface area contributed by atoms with Crippen LogP contribution in [0, 0.1) is 0 Å². The summed E-state index contributed by atoms with van der Waals surface area (Å²) in [5.74, 6) is -0.0288. The SMILES string of the molecule is CC(O)CCC(O)Cc1ccccc1C(=O)c1ccccc1. The first-order valence-corrected chi connectivity index (χ1v) is 7.61. The van der Waals surface area contributed by atoms with Crippen molar-refractivity contribution < 1.29 is 15.0 Å². The molecule has 0 aliphatic heterocycles. The van der Waals surface area contributed by atoms with Crippen molar-refractivity contribution >= 4 is 5.78 Å². The minimum atomic E-state index is -0.556. The lowest BCUT2D eigenvalue weighted by atomic mass is 9.94. The normalized spacial score (nSPS) is 13.6. The summed E-state index contributed by atoms with van der Waals surface area (Å²) in [6, 6.07) is 16.5. The highest BCUT2D eigenvalue weighted by Crippen LogP contribution is 2.18. The molecule has 2 aromatic rings. The van der Waals surface area contributed by atoms with Gasteiger partial charge in [-0.1, -0.05) is 54.6 Å². The number of hydrogen-bond donors (Lipinski definition) is 2. The number of aliphatic hydroxyl groups is 2. The Kier molecular flexibility index (Phi) is 5.87. The lowest BCUT2D eigenvalue weighted by molar-refractivity contribution is 0.103. The molecule has 0 fully saturated rings. The molecule has 2 rings (SSSR count). The molecule has 2 N–H and O–H groups in total. The quantitative estimate of drug-likeness (QED) is 0.773. The lowest BCUT2D eigenvalue weighted by Crippen LogP contribution is -2.16. The van der Waals surface area contributed by atoms with Crippen LogP contribution in [0.15, 0.2) is 54.6 Å². The van der Waals surface area contributed by atoms with Crippen LogP contribution in [0.2, 0.25) is 0 Å². The highest BCUT2D eigenvalue weighted by Gasteiger charge is 2.15. The molecule has 3 nitrogen and oxygen atoms in total. The van der Waals surface area contributed by atoms with Crippen molar-refractivity contribution in [3.8, 4) is 0 Å². The van der Waals surface area contributed by atoms with Gasteiger partial charge >= 0.3 is 0 Å². The van der Waals surface area contributed by atoms with E-state index in [9.17, 15) is 15.0 Å². The van der Waals surface area contributed by atoms with Crippen LogP contribution in [0.4, 0.5) is 0 Å². The summed E-state index contributed by atoms with van der Waals surface area (Å²) in [4.78, 5) is 12.6. The fourth-order valence-electron chi connectivity index (χ4n) is 2.45. The summed E-state index contributed by atoms with van der Waals surface area (Å²) in [6.07, 6.45) is 0.512. The van der Waals surface area contributed by atoms with Gasteiger partial charge in [0.25, 0.3) is 0 Å². The van der Waals surface area contributed by atoms with Gasteiger partial charge in [-0.3, -0.25) is 4.79 Å². The highest BCUT2D eigenvalue weighted by molar-refractivity contribution is 6.09. The van der Waals surface area contributed by atoms with Gasteiger partial charge in [0.15, 0.2) is 5.78 Å². The van der Waals surface area contributed by atoms with Crippen molar-refractivity contribution in [2.75, 3.05) is 0 Å². The minimum Gasteiger partial charge on any atom is -0.393 e. The van der Waals surface area contributed by atoms with Crippen LogP contribution in [0.1, 0.15) is 41.3 Å². The van der Waals surface area contributed by atoms with Crippen molar-refractivity contribution in [1.82, 2.24) is 0 Å². The Bertz CT molecular complexity index is 605. The molecular weight excluding hydrogens is 276 g/mol. The summed E-state index contributed by atoms with van der Waals surface area (Å²) in [5.41, 5.74) is 2.12. The molecule has 0 spiro atoms. The Morgan fingerprint density at radius 3 is 2.27 bits per heavy atom. The third kappa shape index (κ3) is 4.52. The highest BCUT2D eigenvalue weighted by atomic mass is 16.3. The predicted octanol–water partition coefficient (Wildman–Crippen LogP) is 2.98. The Labute approximate surface area is 131 Å².